The largest absolute Gasteiger partial charge is 0.513 e. The Morgan fingerprint density at radius 3 is 2.46 bits per heavy atom. The smallest absolute Gasteiger partial charge is 0.489 e. The van der Waals surface area contributed by atoms with Crippen LogP contribution < -0.4 is 9.47 Å². The molecule has 0 spiro atoms. The van der Waals surface area contributed by atoms with Gasteiger partial charge in [0.1, 0.15) is 23.9 Å². The first-order valence-electron chi connectivity index (χ1n) is 7.62. The number of hydrogen-bond acceptors (Lipinski definition) is 4. The molecule has 0 heterocycles. The summed E-state index contributed by atoms with van der Waals surface area (Å²) in [4.78, 5) is 11.3. The van der Waals surface area contributed by atoms with E-state index in [2.05, 4.69) is 4.74 Å². The van der Waals surface area contributed by atoms with Gasteiger partial charge in [0, 0.05) is 11.6 Å². The summed E-state index contributed by atoms with van der Waals surface area (Å²) < 4.78 is 67.9. The Bertz CT molecular complexity index is 787. The number of hydrogen-bond donors (Lipinski definition) is 0. The van der Waals surface area contributed by atoms with E-state index in [1.54, 1.807) is 6.92 Å². The standard InChI is InChI=1S/C18H16F4O4/c1-3-11-7-8-12(9-15(11)19)25-10-13-14(18(20,21)22)5-4-6-16(13)26-17(23)24-2/h4-9H,3,10H2,1-2H3. The van der Waals surface area contributed by atoms with Crippen LogP contribution in [0.1, 0.15) is 23.6 Å². The van der Waals surface area contributed by atoms with Gasteiger partial charge < -0.3 is 14.2 Å². The van der Waals surface area contributed by atoms with E-state index < -0.39 is 35.9 Å². The van der Waals surface area contributed by atoms with Gasteiger partial charge in [0.05, 0.1) is 12.7 Å². The zero-order chi connectivity index (χ0) is 19.3. The SMILES string of the molecule is CCc1ccc(OCc2c(OC(=O)OC)cccc2C(F)(F)F)cc1F. The Morgan fingerprint density at radius 2 is 1.88 bits per heavy atom. The normalized spacial score (nSPS) is 11.2. The molecule has 0 amide bonds. The molecule has 8 heteroatoms. The predicted octanol–water partition coefficient (Wildman–Crippen LogP) is 5.13. The van der Waals surface area contributed by atoms with Gasteiger partial charge in [-0.25, -0.2) is 9.18 Å². The minimum absolute atomic E-state index is 0.0562. The second-order valence-corrected chi connectivity index (χ2v) is 5.23. The molecule has 2 rings (SSSR count). The number of carbonyl (C=O) groups is 1. The van der Waals surface area contributed by atoms with Gasteiger partial charge in [-0.05, 0) is 30.2 Å². The van der Waals surface area contributed by atoms with Gasteiger partial charge in [0.25, 0.3) is 0 Å². The zero-order valence-electron chi connectivity index (χ0n) is 14.0. The topological polar surface area (TPSA) is 44.8 Å². The average Bonchev–Trinajstić information content (AvgIpc) is 2.59. The molecule has 4 nitrogen and oxygen atoms in total. The summed E-state index contributed by atoms with van der Waals surface area (Å²) >= 11 is 0. The molecule has 0 atom stereocenters. The van der Waals surface area contributed by atoms with E-state index in [0.29, 0.717) is 12.0 Å². The van der Waals surface area contributed by atoms with Crippen LogP contribution in [0.2, 0.25) is 0 Å². The Morgan fingerprint density at radius 1 is 1.15 bits per heavy atom. The molecule has 0 saturated carbocycles. The molecule has 0 aliphatic carbocycles. The van der Waals surface area contributed by atoms with Crippen LogP contribution in [0.4, 0.5) is 22.4 Å². The minimum Gasteiger partial charge on any atom is -0.489 e. The van der Waals surface area contributed by atoms with E-state index in [1.807, 2.05) is 0 Å². The third-order valence-corrected chi connectivity index (χ3v) is 3.59. The number of ether oxygens (including phenoxy) is 3. The molecule has 0 radical (unpaired) electrons. The predicted molar refractivity (Wildman–Crippen MR) is 84.6 cm³/mol. The highest BCUT2D eigenvalue weighted by Gasteiger charge is 2.35. The van der Waals surface area contributed by atoms with Crippen molar-refractivity contribution < 1.29 is 36.6 Å². The first-order valence-corrected chi connectivity index (χ1v) is 7.62. The van der Waals surface area contributed by atoms with Crippen LogP contribution in [-0.2, 0) is 23.9 Å². The molecule has 0 aliphatic rings. The third-order valence-electron chi connectivity index (χ3n) is 3.59. The summed E-state index contributed by atoms with van der Waals surface area (Å²) in [6.07, 6.45) is -5.38. The third kappa shape index (κ3) is 4.65. The number of halogens is 4. The van der Waals surface area contributed by atoms with Gasteiger partial charge in [0.2, 0.25) is 0 Å². The van der Waals surface area contributed by atoms with Gasteiger partial charge in [-0.1, -0.05) is 19.1 Å². The fraction of sp³-hybridized carbons (Fsp3) is 0.278. The maximum atomic E-state index is 13.8. The lowest BCUT2D eigenvalue weighted by Gasteiger charge is -2.17. The first kappa shape index (κ1) is 19.6. The van der Waals surface area contributed by atoms with Crippen molar-refractivity contribution in [3.63, 3.8) is 0 Å². The van der Waals surface area contributed by atoms with Crippen molar-refractivity contribution in [3.8, 4) is 11.5 Å². The zero-order valence-corrected chi connectivity index (χ0v) is 14.0. The Kier molecular flexibility index (Phi) is 6.07. The molecule has 2 aromatic carbocycles. The lowest BCUT2D eigenvalue weighted by molar-refractivity contribution is -0.138. The number of benzene rings is 2. The number of carbonyl (C=O) groups excluding carboxylic acids is 1. The van der Waals surface area contributed by atoms with Crippen molar-refractivity contribution in [1.29, 1.82) is 0 Å². The van der Waals surface area contributed by atoms with Gasteiger partial charge in [-0.15, -0.1) is 0 Å². The molecule has 0 fully saturated rings. The Balaban J connectivity index is 2.33. The minimum atomic E-state index is -4.69. The molecule has 0 aliphatic heterocycles. The summed E-state index contributed by atoms with van der Waals surface area (Å²) in [7, 11) is 1.03. The molecule has 0 saturated heterocycles. The maximum Gasteiger partial charge on any atom is 0.513 e. The molecule has 0 aromatic heterocycles. The Hall–Kier alpha value is -2.77. The van der Waals surface area contributed by atoms with E-state index in [1.165, 1.54) is 18.2 Å². The number of rotatable bonds is 5. The van der Waals surface area contributed by atoms with Crippen molar-refractivity contribution in [1.82, 2.24) is 0 Å². The molecule has 0 N–H and O–H groups in total. The van der Waals surface area contributed by atoms with Crippen LogP contribution in [0.5, 0.6) is 11.5 Å². The van der Waals surface area contributed by atoms with Crippen LogP contribution in [-0.4, -0.2) is 13.3 Å². The van der Waals surface area contributed by atoms with Crippen LogP contribution in [0.25, 0.3) is 0 Å². The molecule has 0 bridgehead atoms. The van der Waals surface area contributed by atoms with Gasteiger partial charge >= 0.3 is 12.3 Å². The number of aryl methyl sites for hydroxylation is 1. The van der Waals surface area contributed by atoms with E-state index in [-0.39, 0.29) is 11.5 Å². The molecule has 2 aromatic rings. The van der Waals surface area contributed by atoms with Crippen LogP contribution in [0.15, 0.2) is 36.4 Å². The summed E-state index contributed by atoms with van der Waals surface area (Å²) in [5.41, 5.74) is -0.960. The number of alkyl halides is 3. The van der Waals surface area contributed by atoms with Crippen LogP contribution >= 0.6 is 0 Å². The second kappa shape index (κ2) is 8.07. The average molecular weight is 372 g/mol. The summed E-state index contributed by atoms with van der Waals surface area (Å²) in [6.45, 7) is 1.20. The lowest BCUT2D eigenvalue weighted by atomic mass is 10.1. The maximum absolute atomic E-state index is 13.8. The summed E-state index contributed by atoms with van der Waals surface area (Å²) in [5, 5.41) is 0. The van der Waals surface area contributed by atoms with Crippen molar-refractivity contribution in [2.45, 2.75) is 26.1 Å². The second-order valence-electron chi connectivity index (χ2n) is 5.23. The summed E-state index contributed by atoms with van der Waals surface area (Å²) in [6, 6.07) is 7.16. The highest BCUT2D eigenvalue weighted by molar-refractivity contribution is 5.64. The van der Waals surface area contributed by atoms with E-state index in [0.717, 1.165) is 25.3 Å². The van der Waals surface area contributed by atoms with Crippen molar-refractivity contribution in [2.24, 2.45) is 0 Å². The monoisotopic (exact) mass is 372 g/mol. The Labute approximate surface area is 147 Å². The van der Waals surface area contributed by atoms with Gasteiger partial charge in [-0.2, -0.15) is 13.2 Å². The molecular weight excluding hydrogens is 356 g/mol. The van der Waals surface area contributed by atoms with Gasteiger partial charge in [0.15, 0.2) is 0 Å². The molecular formula is C18H16F4O4. The van der Waals surface area contributed by atoms with Crippen molar-refractivity contribution >= 4 is 6.16 Å². The number of methoxy groups -OCH3 is 1. The van der Waals surface area contributed by atoms with E-state index in [4.69, 9.17) is 9.47 Å². The fourth-order valence-corrected chi connectivity index (χ4v) is 2.27. The van der Waals surface area contributed by atoms with E-state index >= 15 is 0 Å². The van der Waals surface area contributed by atoms with Crippen LogP contribution in [0, 0.1) is 5.82 Å². The van der Waals surface area contributed by atoms with Crippen LogP contribution in [0.3, 0.4) is 0 Å². The lowest BCUT2D eigenvalue weighted by Crippen LogP contribution is -2.15. The molecule has 0 unspecified atom stereocenters. The quantitative estimate of drug-likeness (QED) is 0.415. The van der Waals surface area contributed by atoms with Gasteiger partial charge in [-0.3, -0.25) is 0 Å². The fourth-order valence-electron chi connectivity index (χ4n) is 2.27. The van der Waals surface area contributed by atoms with E-state index in [9.17, 15) is 22.4 Å². The molecule has 26 heavy (non-hydrogen) atoms. The molecule has 140 valence electrons. The van der Waals surface area contributed by atoms with Crippen molar-refractivity contribution in [3.05, 3.63) is 58.9 Å². The highest BCUT2D eigenvalue weighted by atomic mass is 19.4. The first-order chi connectivity index (χ1) is 12.3. The van der Waals surface area contributed by atoms with Crippen molar-refractivity contribution in [2.75, 3.05) is 7.11 Å². The highest BCUT2D eigenvalue weighted by Crippen LogP contribution is 2.37. The summed E-state index contributed by atoms with van der Waals surface area (Å²) in [5.74, 6) is -0.807.